The maximum atomic E-state index is 12.8. The molecule has 21 heteroatoms. The second-order valence-corrected chi connectivity index (χ2v) is 20.1. The fourth-order valence-electron chi connectivity index (χ4n) is 6.86. The number of phosphoric acid groups is 2. The van der Waals surface area contributed by atoms with Gasteiger partial charge in [0, 0.05) is 19.0 Å². The molecule has 68 heavy (non-hydrogen) atoms. The summed E-state index contributed by atoms with van der Waals surface area (Å²) >= 11 is 0. The number of hydrogen-bond donors (Lipinski definition) is 6. The molecule has 0 radical (unpaired) electrons. The van der Waals surface area contributed by atoms with Crippen molar-refractivity contribution in [2.75, 3.05) is 25.6 Å². The Morgan fingerprint density at radius 3 is 2.16 bits per heavy atom. The summed E-state index contributed by atoms with van der Waals surface area (Å²) in [6.07, 6.45) is 25.3. The normalized spacial score (nSPS) is 20.8. The van der Waals surface area contributed by atoms with Crippen LogP contribution in [0.25, 0.3) is 0 Å². The van der Waals surface area contributed by atoms with Gasteiger partial charge in [-0.1, -0.05) is 140 Å². The summed E-state index contributed by atoms with van der Waals surface area (Å²) in [6, 6.07) is 1.24. The number of hydrogen-bond acceptors (Lipinski definition) is 16. The van der Waals surface area contributed by atoms with E-state index in [1.807, 2.05) is 12.2 Å². The number of aromatic nitrogens is 2. The van der Waals surface area contributed by atoms with Gasteiger partial charge < -0.3 is 45.1 Å². The van der Waals surface area contributed by atoms with Crippen LogP contribution in [0.4, 0.5) is 5.82 Å². The van der Waals surface area contributed by atoms with Crippen molar-refractivity contribution in [2.45, 2.75) is 186 Å². The van der Waals surface area contributed by atoms with Crippen molar-refractivity contribution in [3.63, 3.8) is 0 Å². The minimum absolute atomic E-state index is 0.0853. The van der Waals surface area contributed by atoms with Gasteiger partial charge in [0.2, 0.25) is 0 Å². The topological polar surface area (TPSA) is 286 Å². The van der Waals surface area contributed by atoms with Crippen molar-refractivity contribution >= 4 is 33.4 Å². The highest BCUT2D eigenvalue weighted by Crippen LogP contribution is 2.60. The number of aliphatic hydroxyl groups is 3. The van der Waals surface area contributed by atoms with Gasteiger partial charge in [-0.2, -0.15) is 9.29 Å². The van der Waals surface area contributed by atoms with Gasteiger partial charge in [-0.25, -0.2) is 13.9 Å². The summed E-state index contributed by atoms with van der Waals surface area (Å²) in [5, 5.41) is 31.3. The second-order valence-electron chi connectivity index (χ2n) is 17.1. The number of allylic oxidation sites excluding steroid dienone is 7. The number of nitrogens with zero attached hydrogens (tertiary/aromatic N) is 2. The number of carbonyl (C=O) groups is 2. The van der Waals surface area contributed by atoms with Gasteiger partial charge in [0.15, 0.2) is 12.3 Å². The zero-order valence-electron chi connectivity index (χ0n) is 40.2. The van der Waals surface area contributed by atoms with Crippen LogP contribution in [-0.4, -0.2) is 96.9 Å². The van der Waals surface area contributed by atoms with Gasteiger partial charge in [0.25, 0.3) is 0 Å². The minimum Gasteiger partial charge on any atom is -0.462 e. The van der Waals surface area contributed by atoms with E-state index in [4.69, 9.17) is 29.0 Å². The number of unbranched alkanes of at least 4 members (excludes halogenated alkanes) is 10. The Morgan fingerprint density at radius 1 is 0.824 bits per heavy atom. The summed E-state index contributed by atoms with van der Waals surface area (Å²) in [6.45, 7) is 4.20. The Balaban J connectivity index is 1.88. The Labute approximate surface area is 402 Å². The van der Waals surface area contributed by atoms with Crippen molar-refractivity contribution in [1.29, 1.82) is 0 Å². The maximum absolute atomic E-state index is 12.8. The van der Waals surface area contributed by atoms with Crippen LogP contribution in [0, 0.1) is 5.92 Å². The van der Waals surface area contributed by atoms with Gasteiger partial charge >= 0.3 is 33.3 Å². The van der Waals surface area contributed by atoms with Crippen LogP contribution in [0.5, 0.6) is 0 Å². The number of carbonyl (C=O) groups excluding carboxylic acids is 2. The van der Waals surface area contributed by atoms with Crippen molar-refractivity contribution in [1.82, 2.24) is 9.55 Å². The number of nitrogen functional groups attached to an aromatic ring is 1. The average molecular weight is 1000 g/mol. The molecule has 2 heterocycles. The fourth-order valence-corrected chi connectivity index (χ4v) is 8.97. The minimum atomic E-state index is -5.47. The van der Waals surface area contributed by atoms with E-state index in [-0.39, 0.29) is 31.5 Å². The average Bonchev–Trinajstić information content (AvgIpc) is 3.57. The van der Waals surface area contributed by atoms with Crippen LogP contribution in [0.2, 0.25) is 0 Å². The summed E-state index contributed by atoms with van der Waals surface area (Å²) in [5.41, 5.74) is 4.56. The first-order chi connectivity index (χ1) is 32.5. The van der Waals surface area contributed by atoms with Gasteiger partial charge in [0.1, 0.15) is 30.7 Å². The number of anilines is 1. The molecular formula is C47H79N3O16P2. The molecule has 388 valence electrons. The zero-order chi connectivity index (χ0) is 50.2. The van der Waals surface area contributed by atoms with E-state index in [0.29, 0.717) is 6.42 Å². The van der Waals surface area contributed by atoms with E-state index in [1.165, 1.54) is 57.4 Å². The van der Waals surface area contributed by atoms with Crippen LogP contribution in [0.3, 0.4) is 0 Å². The molecule has 0 spiro atoms. The number of ether oxygens (including phenoxy) is 3. The van der Waals surface area contributed by atoms with Crippen molar-refractivity contribution < 1.29 is 71.4 Å². The van der Waals surface area contributed by atoms with Gasteiger partial charge in [-0.15, -0.1) is 0 Å². The quantitative estimate of drug-likeness (QED) is 0.0120. The first-order valence-electron chi connectivity index (χ1n) is 24.2. The molecule has 0 aliphatic carbocycles. The van der Waals surface area contributed by atoms with Gasteiger partial charge in [0.05, 0.1) is 19.3 Å². The van der Waals surface area contributed by atoms with E-state index in [0.717, 1.165) is 61.6 Å². The monoisotopic (exact) mass is 1000 g/mol. The lowest BCUT2D eigenvalue weighted by molar-refractivity contribution is -0.161. The smallest absolute Gasteiger partial charge is 0.462 e. The number of nitrogens with two attached hydrogens (primary N) is 1. The molecule has 0 amide bonds. The molecule has 2 rings (SSSR count). The molecule has 0 saturated carbocycles. The molecule has 0 aromatic carbocycles. The van der Waals surface area contributed by atoms with E-state index in [9.17, 15) is 48.6 Å². The van der Waals surface area contributed by atoms with Crippen LogP contribution in [0.1, 0.15) is 155 Å². The van der Waals surface area contributed by atoms with E-state index in [2.05, 4.69) is 54.4 Å². The molecule has 19 nitrogen and oxygen atoms in total. The largest absolute Gasteiger partial charge is 0.481 e. The highest BCUT2D eigenvalue weighted by atomic mass is 31.3. The second kappa shape index (κ2) is 34.9. The molecule has 3 unspecified atom stereocenters. The molecule has 0 bridgehead atoms. The number of rotatable bonds is 38. The molecule has 1 fully saturated rings. The lowest BCUT2D eigenvalue weighted by Gasteiger charge is -2.21. The van der Waals surface area contributed by atoms with E-state index >= 15 is 0 Å². The molecule has 9 atom stereocenters. The molecule has 1 aromatic rings. The van der Waals surface area contributed by atoms with Gasteiger partial charge in [-0.05, 0) is 56.9 Å². The standard InChI is InChI=1S/C47H79N3O16P2/c1-4-6-7-8-9-10-11-12-13-14-18-21-24-28-38(51)29-26-31-43(53)64-39(34-61-42(52)30-25-22-19-16-15-17-20-23-27-37(3)5-2)35-62-67(57,58)66-68(59,60)63-36-40-44(54)45(55)46(65-40)50-33-32-41(48)49-47(50)56/h9-10,12-13,18,21,24,28,32-33,37-40,44-46,51,54-55H,4-8,11,14-17,19-20,22-23,25-27,29-31,34-36H2,1-3H3,(H,57,58)(H,59,60)(H2,48,49,56)/b10-9-,13-12-,21-18-,28-24+/t37?,38-,39+,40+,44+,45+,46+/m0/s1. The number of esters is 2. The van der Waals surface area contributed by atoms with E-state index in [1.54, 1.807) is 12.2 Å². The predicted octanol–water partition coefficient (Wildman–Crippen LogP) is 8.21. The van der Waals surface area contributed by atoms with Crippen LogP contribution in [-0.2, 0) is 46.3 Å². The lowest BCUT2D eigenvalue weighted by Crippen LogP contribution is -2.36. The fraction of sp³-hybridized carbons (Fsp3) is 0.702. The number of aliphatic hydroxyl groups excluding tert-OH is 3. The summed E-state index contributed by atoms with van der Waals surface area (Å²) in [7, 11) is -10.9. The molecule has 1 aromatic heterocycles. The Bertz CT molecular complexity index is 1860. The maximum Gasteiger partial charge on any atom is 0.481 e. The highest BCUT2D eigenvalue weighted by Gasteiger charge is 2.46. The Hall–Kier alpha value is -3.32. The first-order valence-corrected chi connectivity index (χ1v) is 27.1. The number of phosphoric ester groups is 2. The van der Waals surface area contributed by atoms with E-state index < -0.39 is 89.8 Å². The van der Waals surface area contributed by atoms with Crippen molar-refractivity contribution in [3.8, 4) is 0 Å². The molecular weight excluding hydrogens is 924 g/mol. The third-order valence-electron chi connectivity index (χ3n) is 11.1. The van der Waals surface area contributed by atoms with Crippen LogP contribution in [0.15, 0.2) is 65.7 Å². The summed E-state index contributed by atoms with van der Waals surface area (Å²) < 4.78 is 56.5. The van der Waals surface area contributed by atoms with Crippen molar-refractivity contribution in [2.24, 2.45) is 5.92 Å². The van der Waals surface area contributed by atoms with Crippen LogP contribution >= 0.6 is 15.6 Å². The molecule has 1 saturated heterocycles. The third-order valence-corrected chi connectivity index (χ3v) is 13.7. The lowest BCUT2D eigenvalue weighted by atomic mass is 9.99. The predicted molar refractivity (Wildman–Crippen MR) is 258 cm³/mol. The molecule has 1 aliphatic heterocycles. The summed E-state index contributed by atoms with van der Waals surface area (Å²) in [5.74, 6) is -0.753. The summed E-state index contributed by atoms with van der Waals surface area (Å²) in [4.78, 5) is 61.8. The third kappa shape index (κ3) is 27.8. The van der Waals surface area contributed by atoms with Gasteiger partial charge in [-0.3, -0.25) is 23.2 Å². The van der Waals surface area contributed by atoms with Crippen molar-refractivity contribution in [3.05, 3.63) is 71.4 Å². The highest BCUT2D eigenvalue weighted by molar-refractivity contribution is 7.61. The Morgan fingerprint density at radius 2 is 1.47 bits per heavy atom. The molecule has 7 N–H and O–H groups in total. The SMILES string of the molecule is CCCCC/C=C\C/C=C\C/C=C\C=C\[C@H](O)CCCC(=O)O[C@H](COC(=O)CCCCCCCCCCC(C)CC)COP(=O)(O)OP(=O)(O)OC[C@H]1O[C@@H](n2ccc(N)nc2=O)[C@H](O)[C@@H]1O. The van der Waals surface area contributed by atoms with Crippen LogP contribution < -0.4 is 11.4 Å². The Kier molecular flexibility index (Phi) is 31.2. The molecule has 1 aliphatic rings. The first kappa shape index (κ1) is 60.8. The zero-order valence-corrected chi connectivity index (χ0v) is 42.0.